The van der Waals surface area contributed by atoms with Crippen molar-refractivity contribution >= 4 is 5.91 Å². The summed E-state index contributed by atoms with van der Waals surface area (Å²) >= 11 is 0. The summed E-state index contributed by atoms with van der Waals surface area (Å²) in [6.07, 6.45) is 7.42. The van der Waals surface area contributed by atoms with Crippen LogP contribution in [0, 0.1) is 5.41 Å². The molecule has 2 aliphatic rings. The van der Waals surface area contributed by atoms with Gasteiger partial charge in [-0.1, -0.05) is 19.8 Å². The van der Waals surface area contributed by atoms with E-state index in [0.717, 1.165) is 25.9 Å². The molecule has 1 saturated carbocycles. The molecular formula is C13H24N2O. The number of carbonyl (C=O) groups is 1. The third-order valence-corrected chi connectivity index (χ3v) is 4.26. The first kappa shape index (κ1) is 11.9. The van der Waals surface area contributed by atoms with E-state index in [1.807, 2.05) is 7.05 Å². The lowest BCUT2D eigenvalue weighted by Crippen LogP contribution is -2.52. The Balaban J connectivity index is 1.95. The van der Waals surface area contributed by atoms with Crippen LogP contribution in [-0.2, 0) is 4.79 Å². The molecule has 2 rings (SSSR count). The average Bonchev–Trinajstić information content (AvgIpc) is 2.68. The van der Waals surface area contributed by atoms with Gasteiger partial charge < -0.3 is 10.2 Å². The summed E-state index contributed by atoms with van der Waals surface area (Å²) in [6.45, 7) is 4.28. The highest BCUT2D eigenvalue weighted by molar-refractivity contribution is 5.82. The molecule has 2 fully saturated rings. The van der Waals surface area contributed by atoms with Crippen LogP contribution in [0.25, 0.3) is 0 Å². The zero-order chi connectivity index (χ0) is 11.6. The highest BCUT2D eigenvalue weighted by Crippen LogP contribution is 2.38. The van der Waals surface area contributed by atoms with Gasteiger partial charge in [0.05, 0.1) is 6.04 Å². The van der Waals surface area contributed by atoms with Crippen LogP contribution in [0.5, 0.6) is 0 Å². The molecule has 92 valence electrons. The number of nitrogens with one attached hydrogen (secondary N) is 1. The minimum Gasteiger partial charge on any atom is -0.341 e. The summed E-state index contributed by atoms with van der Waals surface area (Å²) in [5.74, 6) is 0.321. The molecule has 1 heterocycles. The Hall–Kier alpha value is -0.570. The maximum absolute atomic E-state index is 12.1. The Kier molecular flexibility index (Phi) is 3.53. The molecule has 1 amide bonds. The van der Waals surface area contributed by atoms with E-state index in [1.165, 1.54) is 25.7 Å². The number of likely N-dealkylation sites (N-methyl/N-ethyl adjacent to an activating group) is 1. The lowest BCUT2D eigenvalue weighted by molar-refractivity contribution is -0.137. The molecular weight excluding hydrogens is 200 g/mol. The van der Waals surface area contributed by atoms with E-state index in [9.17, 15) is 4.79 Å². The van der Waals surface area contributed by atoms with Gasteiger partial charge in [-0.3, -0.25) is 4.79 Å². The van der Waals surface area contributed by atoms with Gasteiger partial charge in [-0.25, -0.2) is 0 Å². The molecule has 16 heavy (non-hydrogen) atoms. The lowest BCUT2D eigenvalue weighted by atomic mass is 9.87. The van der Waals surface area contributed by atoms with Crippen molar-refractivity contribution in [3.63, 3.8) is 0 Å². The van der Waals surface area contributed by atoms with Crippen molar-refractivity contribution in [2.75, 3.05) is 20.1 Å². The number of hydrogen-bond acceptors (Lipinski definition) is 2. The molecule has 3 heteroatoms. The maximum atomic E-state index is 12.1. The Labute approximate surface area is 98.6 Å². The van der Waals surface area contributed by atoms with Crippen LogP contribution in [0.4, 0.5) is 0 Å². The van der Waals surface area contributed by atoms with Gasteiger partial charge in [0.15, 0.2) is 0 Å². The van der Waals surface area contributed by atoms with Gasteiger partial charge in [-0.05, 0) is 38.1 Å². The maximum Gasteiger partial charge on any atom is 0.239 e. The van der Waals surface area contributed by atoms with Gasteiger partial charge in [0.2, 0.25) is 5.91 Å². The van der Waals surface area contributed by atoms with E-state index < -0.39 is 0 Å². The van der Waals surface area contributed by atoms with Gasteiger partial charge in [-0.2, -0.15) is 0 Å². The van der Waals surface area contributed by atoms with Gasteiger partial charge in [0, 0.05) is 13.1 Å². The van der Waals surface area contributed by atoms with E-state index in [-0.39, 0.29) is 6.04 Å². The highest BCUT2D eigenvalue weighted by atomic mass is 16.2. The SMILES string of the molecule is CNC1CCCN(CC2(C)CCCC2)C1=O. The second-order valence-electron chi connectivity index (χ2n) is 5.76. The summed E-state index contributed by atoms with van der Waals surface area (Å²) in [6, 6.07) is 0.0683. The predicted octanol–water partition coefficient (Wildman–Crippen LogP) is 1.78. The third kappa shape index (κ3) is 2.40. The first-order valence-corrected chi connectivity index (χ1v) is 6.61. The Morgan fingerprint density at radius 1 is 1.38 bits per heavy atom. The lowest BCUT2D eigenvalue weighted by Gasteiger charge is -2.37. The van der Waals surface area contributed by atoms with Crippen LogP contribution in [0.15, 0.2) is 0 Å². The third-order valence-electron chi connectivity index (χ3n) is 4.26. The first-order valence-electron chi connectivity index (χ1n) is 6.61. The first-order chi connectivity index (χ1) is 7.64. The molecule has 0 aromatic carbocycles. The fraction of sp³-hybridized carbons (Fsp3) is 0.923. The minimum absolute atomic E-state index is 0.0683. The van der Waals surface area contributed by atoms with E-state index in [0.29, 0.717) is 11.3 Å². The smallest absolute Gasteiger partial charge is 0.239 e. The monoisotopic (exact) mass is 224 g/mol. The van der Waals surface area contributed by atoms with E-state index in [1.54, 1.807) is 0 Å². The van der Waals surface area contributed by atoms with Gasteiger partial charge >= 0.3 is 0 Å². The Morgan fingerprint density at radius 3 is 2.69 bits per heavy atom. The van der Waals surface area contributed by atoms with Crippen LogP contribution in [0.2, 0.25) is 0 Å². The van der Waals surface area contributed by atoms with Crippen molar-refractivity contribution in [3.8, 4) is 0 Å². The molecule has 0 bridgehead atoms. The molecule has 0 spiro atoms. The van der Waals surface area contributed by atoms with Crippen LogP contribution in [0.3, 0.4) is 0 Å². The standard InChI is InChI=1S/C13H24N2O/c1-13(7-3-4-8-13)10-15-9-5-6-11(14-2)12(15)16/h11,14H,3-10H2,1-2H3. The van der Waals surface area contributed by atoms with Crippen LogP contribution in [-0.4, -0.2) is 37.0 Å². The van der Waals surface area contributed by atoms with Crippen molar-refractivity contribution in [3.05, 3.63) is 0 Å². The number of amides is 1. The number of carbonyl (C=O) groups excluding carboxylic acids is 1. The normalized spacial score (nSPS) is 29.8. The van der Waals surface area contributed by atoms with Gasteiger partial charge in [-0.15, -0.1) is 0 Å². The number of nitrogens with zero attached hydrogens (tertiary/aromatic N) is 1. The molecule has 3 nitrogen and oxygen atoms in total. The zero-order valence-electron chi connectivity index (χ0n) is 10.6. The van der Waals surface area contributed by atoms with Gasteiger partial charge in [0.1, 0.15) is 0 Å². The summed E-state index contributed by atoms with van der Waals surface area (Å²) in [4.78, 5) is 14.2. The fourth-order valence-corrected chi connectivity index (χ4v) is 3.21. The van der Waals surface area contributed by atoms with E-state index >= 15 is 0 Å². The quantitative estimate of drug-likeness (QED) is 0.792. The molecule has 0 radical (unpaired) electrons. The second kappa shape index (κ2) is 4.74. The van der Waals surface area contributed by atoms with Crippen molar-refractivity contribution in [2.24, 2.45) is 5.41 Å². The number of hydrogen-bond donors (Lipinski definition) is 1. The Bertz CT molecular complexity index is 259. The minimum atomic E-state index is 0.0683. The summed E-state index contributed by atoms with van der Waals surface area (Å²) in [5, 5.41) is 3.13. The van der Waals surface area contributed by atoms with Crippen LogP contribution >= 0.6 is 0 Å². The van der Waals surface area contributed by atoms with Crippen molar-refractivity contribution < 1.29 is 4.79 Å². The molecule has 1 atom stereocenters. The van der Waals surface area contributed by atoms with Gasteiger partial charge in [0.25, 0.3) is 0 Å². The molecule has 0 aromatic heterocycles. The Morgan fingerprint density at radius 2 is 2.06 bits per heavy atom. The molecule has 1 aliphatic carbocycles. The topological polar surface area (TPSA) is 32.3 Å². The van der Waals surface area contributed by atoms with Crippen LogP contribution < -0.4 is 5.32 Å². The summed E-state index contributed by atoms with van der Waals surface area (Å²) in [7, 11) is 1.89. The van der Waals surface area contributed by atoms with E-state index in [2.05, 4.69) is 17.1 Å². The second-order valence-corrected chi connectivity index (χ2v) is 5.76. The van der Waals surface area contributed by atoms with Crippen LogP contribution in [0.1, 0.15) is 45.4 Å². The van der Waals surface area contributed by atoms with Crippen molar-refractivity contribution in [2.45, 2.75) is 51.5 Å². The average molecular weight is 224 g/mol. The predicted molar refractivity (Wildman–Crippen MR) is 65.2 cm³/mol. The number of piperidine rings is 1. The molecule has 1 aliphatic heterocycles. The fourth-order valence-electron chi connectivity index (χ4n) is 3.21. The largest absolute Gasteiger partial charge is 0.341 e. The molecule has 0 aromatic rings. The molecule has 1 unspecified atom stereocenters. The molecule has 1 N–H and O–H groups in total. The number of likely N-dealkylation sites (tertiary alicyclic amines) is 1. The van der Waals surface area contributed by atoms with Crippen molar-refractivity contribution in [1.29, 1.82) is 0 Å². The van der Waals surface area contributed by atoms with E-state index in [4.69, 9.17) is 0 Å². The molecule has 1 saturated heterocycles. The highest BCUT2D eigenvalue weighted by Gasteiger charge is 2.35. The summed E-state index contributed by atoms with van der Waals surface area (Å²) < 4.78 is 0. The summed E-state index contributed by atoms with van der Waals surface area (Å²) in [5.41, 5.74) is 0.394. The zero-order valence-corrected chi connectivity index (χ0v) is 10.6. The van der Waals surface area contributed by atoms with Crippen molar-refractivity contribution in [1.82, 2.24) is 10.2 Å². The number of rotatable bonds is 3.